The summed E-state index contributed by atoms with van der Waals surface area (Å²) in [6.07, 6.45) is 2.69. The van der Waals surface area contributed by atoms with E-state index in [-0.39, 0.29) is 0 Å². The van der Waals surface area contributed by atoms with Gasteiger partial charge < -0.3 is 10.00 Å². The smallest absolute Gasteiger partial charge is 0.0766 e. The van der Waals surface area contributed by atoms with Crippen molar-refractivity contribution in [2.24, 2.45) is 0 Å². The highest BCUT2D eigenvalue weighted by molar-refractivity contribution is 4.63. The Bertz CT molecular complexity index is 182. The summed E-state index contributed by atoms with van der Waals surface area (Å²) < 4.78 is 0. The summed E-state index contributed by atoms with van der Waals surface area (Å²) in [5, 5.41) is 13.3. The average Bonchev–Trinajstić information content (AvgIpc) is 2.53. The summed E-state index contributed by atoms with van der Waals surface area (Å²) in [7, 11) is 4.38. The Labute approximate surface area is 79.5 Å². The largest absolute Gasteiger partial charge is 0.340 e. The zero-order valence-corrected chi connectivity index (χ0v) is 8.91. The summed E-state index contributed by atoms with van der Waals surface area (Å²) in [4.78, 5) is 1.56. The summed E-state index contributed by atoms with van der Waals surface area (Å²) in [6, 6.07) is 0. The Kier molecular flexibility index (Phi) is 7.10. The molecule has 1 aromatic heterocycles. The molecule has 0 saturated heterocycles. The van der Waals surface area contributed by atoms with E-state index < -0.39 is 0 Å². The van der Waals surface area contributed by atoms with Crippen molar-refractivity contribution >= 4 is 0 Å². The number of quaternary nitrogens is 1. The second-order valence-corrected chi connectivity index (χ2v) is 3.24. The van der Waals surface area contributed by atoms with Crippen LogP contribution in [0, 0.1) is 6.92 Å². The van der Waals surface area contributed by atoms with Gasteiger partial charge in [-0.05, 0) is 13.3 Å². The van der Waals surface area contributed by atoms with Crippen molar-refractivity contribution in [1.82, 2.24) is 20.6 Å². The maximum atomic E-state index is 3.44. The van der Waals surface area contributed by atoms with Crippen LogP contribution in [0.4, 0.5) is 0 Å². The zero-order chi connectivity index (χ0) is 10.1. The molecule has 0 fully saturated rings. The number of rotatable bonds is 3. The third-order valence-electron chi connectivity index (χ3n) is 1.45. The Morgan fingerprint density at radius 2 is 2.08 bits per heavy atom. The van der Waals surface area contributed by atoms with Gasteiger partial charge in [-0.25, -0.2) is 0 Å². The summed E-state index contributed by atoms with van der Waals surface area (Å²) in [6.45, 7) is 5.28. The van der Waals surface area contributed by atoms with Crippen LogP contribution in [0.25, 0.3) is 0 Å². The van der Waals surface area contributed by atoms with E-state index in [0.717, 1.165) is 0 Å². The molecular formula is C8H19N5. The van der Waals surface area contributed by atoms with Crippen molar-refractivity contribution in [2.45, 2.75) is 26.7 Å². The zero-order valence-electron chi connectivity index (χ0n) is 8.91. The molecule has 0 aliphatic rings. The number of aromatic nitrogens is 4. The van der Waals surface area contributed by atoms with Crippen LogP contribution in [0.1, 0.15) is 25.6 Å². The fourth-order valence-corrected chi connectivity index (χ4v) is 0.720. The lowest BCUT2D eigenvalue weighted by atomic mass is 10.3. The van der Waals surface area contributed by atoms with Crippen LogP contribution in [-0.4, -0.2) is 36.2 Å². The van der Waals surface area contributed by atoms with E-state index in [9.17, 15) is 0 Å². The van der Waals surface area contributed by atoms with E-state index in [2.05, 4.69) is 41.6 Å². The molecule has 1 aromatic rings. The van der Waals surface area contributed by atoms with Crippen LogP contribution in [-0.2, 0) is 0 Å². The number of nitrogens with zero attached hydrogens (tertiary/aromatic N) is 4. The number of hydrogen-bond donors (Lipinski definition) is 1. The number of unbranched alkanes of at least 4 members (excludes halogenated alkanes) is 1. The second-order valence-electron chi connectivity index (χ2n) is 3.24. The third-order valence-corrected chi connectivity index (χ3v) is 1.45. The van der Waals surface area contributed by atoms with Crippen molar-refractivity contribution in [1.29, 1.82) is 0 Å². The summed E-state index contributed by atoms with van der Waals surface area (Å²) in [5.41, 5.74) is 0. The minimum absolute atomic E-state index is 0.620. The molecule has 13 heavy (non-hydrogen) atoms. The van der Waals surface area contributed by atoms with Gasteiger partial charge in [-0.2, -0.15) is 5.21 Å². The van der Waals surface area contributed by atoms with E-state index in [1.54, 1.807) is 11.8 Å². The predicted octanol–water partition coefficient (Wildman–Crippen LogP) is -0.932. The van der Waals surface area contributed by atoms with Gasteiger partial charge in [0.15, 0.2) is 0 Å². The summed E-state index contributed by atoms with van der Waals surface area (Å²) >= 11 is 0. The molecule has 1 heterocycles. The molecule has 0 aliphatic heterocycles. The molecule has 0 radical (unpaired) electrons. The molecule has 5 nitrogen and oxygen atoms in total. The van der Waals surface area contributed by atoms with Gasteiger partial charge in [0.25, 0.3) is 0 Å². The lowest BCUT2D eigenvalue weighted by molar-refractivity contribution is -0.858. The molecule has 0 amide bonds. The molecular weight excluding hydrogens is 166 g/mol. The molecule has 5 heteroatoms. The second kappa shape index (κ2) is 7.67. The standard InChI is InChI=1S/C6H15N.C2H3N4/c1-4-5-6-7(2)3;1-2-3-5-6-4-2/h4-6H2,1-3H3;1H3/q;-1/p+1. The first-order valence-corrected chi connectivity index (χ1v) is 4.61. The van der Waals surface area contributed by atoms with Crippen LogP contribution in [0.15, 0.2) is 0 Å². The van der Waals surface area contributed by atoms with Gasteiger partial charge in [-0.3, -0.25) is 10.3 Å². The average molecular weight is 185 g/mol. The molecule has 0 unspecified atom stereocenters. The van der Waals surface area contributed by atoms with Crippen molar-refractivity contribution in [2.75, 3.05) is 20.6 Å². The quantitative estimate of drug-likeness (QED) is 0.661. The molecule has 1 rings (SSSR count). The Hall–Kier alpha value is -0.970. The van der Waals surface area contributed by atoms with Crippen molar-refractivity contribution < 1.29 is 4.90 Å². The SMILES string of the molecule is CCCC[NH+](C)C.Cc1nnn[n-]1. The minimum Gasteiger partial charge on any atom is -0.340 e. The normalized spacial score (nSPS) is 9.62. The van der Waals surface area contributed by atoms with E-state index >= 15 is 0 Å². The maximum absolute atomic E-state index is 3.44. The van der Waals surface area contributed by atoms with Crippen LogP contribution in [0.3, 0.4) is 0 Å². The Balaban J connectivity index is 0.000000223. The third kappa shape index (κ3) is 8.94. The number of aryl methyl sites for hydroxylation is 1. The highest BCUT2D eigenvalue weighted by atomic mass is 15.5. The number of hydrogen-bond acceptors (Lipinski definition) is 3. The first-order valence-electron chi connectivity index (χ1n) is 4.61. The van der Waals surface area contributed by atoms with Gasteiger partial charge >= 0.3 is 0 Å². The van der Waals surface area contributed by atoms with E-state index in [1.807, 2.05) is 0 Å². The molecule has 0 atom stereocenters. The molecule has 0 aromatic carbocycles. The lowest BCUT2D eigenvalue weighted by Crippen LogP contribution is -3.05. The number of tetrazole rings is 1. The molecule has 0 bridgehead atoms. The van der Waals surface area contributed by atoms with Gasteiger partial charge in [0.05, 0.1) is 20.6 Å². The first kappa shape index (κ1) is 12.0. The van der Waals surface area contributed by atoms with Crippen molar-refractivity contribution in [3.63, 3.8) is 0 Å². The van der Waals surface area contributed by atoms with E-state index in [0.29, 0.717) is 5.82 Å². The van der Waals surface area contributed by atoms with Gasteiger partial charge in [-0.15, -0.1) is 0 Å². The maximum Gasteiger partial charge on any atom is 0.0766 e. The van der Waals surface area contributed by atoms with Gasteiger partial charge in [0, 0.05) is 5.82 Å². The van der Waals surface area contributed by atoms with Crippen LogP contribution in [0.2, 0.25) is 0 Å². The fraction of sp³-hybridized carbons (Fsp3) is 0.875. The van der Waals surface area contributed by atoms with Gasteiger partial charge in [-0.1, -0.05) is 13.3 Å². The van der Waals surface area contributed by atoms with E-state index in [4.69, 9.17) is 0 Å². The highest BCUT2D eigenvalue weighted by Crippen LogP contribution is 1.77. The Morgan fingerprint density at radius 3 is 2.23 bits per heavy atom. The van der Waals surface area contributed by atoms with Crippen molar-refractivity contribution in [3.8, 4) is 0 Å². The van der Waals surface area contributed by atoms with Crippen LogP contribution >= 0.6 is 0 Å². The van der Waals surface area contributed by atoms with Crippen molar-refractivity contribution in [3.05, 3.63) is 5.82 Å². The van der Waals surface area contributed by atoms with E-state index in [1.165, 1.54) is 19.4 Å². The predicted molar refractivity (Wildman–Crippen MR) is 50.5 cm³/mol. The molecule has 0 saturated carbocycles. The van der Waals surface area contributed by atoms with Gasteiger partial charge in [0.1, 0.15) is 0 Å². The van der Waals surface area contributed by atoms with Gasteiger partial charge in [0.2, 0.25) is 0 Å². The monoisotopic (exact) mass is 185 g/mol. The lowest BCUT2D eigenvalue weighted by Gasteiger charge is -2.03. The van der Waals surface area contributed by atoms with Crippen LogP contribution < -0.4 is 10.00 Å². The molecule has 0 spiro atoms. The highest BCUT2D eigenvalue weighted by Gasteiger charge is 1.87. The molecule has 76 valence electrons. The molecule has 1 N–H and O–H groups in total. The minimum atomic E-state index is 0.620. The van der Waals surface area contributed by atoms with Crippen LogP contribution in [0.5, 0.6) is 0 Å². The summed E-state index contributed by atoms with van der Waals surface area (Å²) in [5.74, 6) is 0.620. The number of nitrogens with one attached hydrogen (secondary N) is 1. The topological polar surface area (TPSA) is 57.2 Å². The molecule has 0 aliphatic carbocycles. The fourth-order valence-electron chi connectivity index (χ4n) is 0.720. The Morgan fingerprint density at radius 1 is 1.38 bits per heavy atom. The first-order chi connectivity index (χ1) is 6.16.